The molecule has 0 aliphatic carbocycles. The summed E-state index contributed by atoms with van der Waals surface area (Å²) in [4.78, 5) is 25.9. The van der Waals surface area contributed by atoms with Crippen LogP contribution in [0.3, 0.4) is 0 Å². The minimum Gasteiger partial charge on any atom is -0.423 e. The van der Waals surface area contributed by atoms with Crippen LogP contribution in [-0.4, -0.2) is 43.3 Å². The lowest BCUT2D eigenvalue weighted by molar-refractivity contribution is -0.131. The zero-order valence-corrected chi connectivity index (χ0v) is 17.4. The standard InChI is InChI=1S/C21H27NO5S/c1-14(2)28(25,26)13-16-8-10-22(11-9-16)20(23)12-17-4-6-19-18(15(17)3)5-7-21(24)27-19/h4-7,14,16H,8-13H2,1-3H3. The van der Waals surface area contributed by atoms with Gasteiger partial charge in [-0.05, 0) is 62.8 Å². The number of rotatable bonds is 5. The van der Waals surface area contributed by atoms with Crippen LogP contribution in [0.1, 0.15) is 37.8 Å². The summed E-state index contributed by atoms with van der Waals surface area (Å²) in [6.07, 6.45) is 1.73. The lowest BCUT2D eigenvalue weighted by Crippen LogP contribution is -2.41. The number of sulfone groups is 1. The number of aryl methyl sites for hydroxylation is 1. The molecule has 1 saturated heterocycles. The van der Waals surface area contributed by atoms with E-state index >= 15 is 0 Å². The van der Waals surface area contributed by atoms with Gasteiger partial charge < -0.3 is 9.32 Å². The molecule has 1 fully saturated rings. The van der Waals surface area contributed by atoms with Crippen molar-refractivity contribution in [3.05, 3.63) is 45.8 Å². The molecular formula is C21H27NO5S. The Morgan fingerprint density at radius 2 is 1.86 bits per heavy atom. The summed E-state index contributed by atoms with van der Waals surface area (Å²) in [5, 5.41) is 0.481. The molecule has 0 unspecified atom stereocenters. The topological polar surface area (TPSA) is 84.7 Å². The number of carbonyl (C=O) groups is 1. The molecule has 1 aliphatic rings. The molecule has 152 valence electrons. The molecule has 0 N–H and O–H groups in total. The van der Waals surface area contributed by atoms with Gasteiger partial charge in [0.2, 0.25) is 5.91 Å². The summed E-state index contributed by atoms with van der Waals surface area (Å²) in [5.74, 6) is 0.383. The Morgan fingerprint density at radius 3 is 2.50 bits per heavy atom. The Balaban J connectivity index is 1.64. The molecule has 6 nitrogen and oxygen atoms in total. The second kappa shape index (κ2) is 8.07. The van der Waals surface area contributed by atoms with E-state index in [9.17, 15) is 18.0 Å². The number of amides is 1. The Kier molecular flexibility index (Phi) is 5.93. The van der Waals surface area contributed by atoms with Crippen LogP contribution in [0.4, 0.5) is 0 Å². The van der Waals surface area contributed by atoms with E-state index in [2.05, 4.69) is 0 Å². The quantitative estimate of drug-likeness (QED) is 0.714. The highest BCUT2D eigenvalue weighted by atomic mass is 32.2. The number of likely N-dealkylation sites (tertiary alicyclic amines) is 1. The van der Waals surface area contributed by atoms with E-state index in [0.717, 1.165) is 29.4 Å². The molecule has 0 atom stereocenters. The molecule has 0 saturated carbocycles. The van der Waals surface area contributed by atoms with E-state index in [1.54, 1.807) is 26.0 Å². The molecule has 0 spiro atoms. The summed E-state index contributed by atoms with van der Waals surface area (Å²) < 4.78 is 29.4. The maximum atomic E-state index is 12.7. The van der Waals surface area contributed by atoms with Crippen molar-refractivity contribution < 1.29 is 17.6 Å². The zero-order valence-electron chi connectivity index (χ0n) is 16.6. The first-order valence-electron chi connectivity index (χ1n) is 9.69. The van der Waals surface area contributed by atoms with Gasteiger partial charge in [-0.25, -0.2) is 13.2 Å². The Bertz CT molecular complexity index is 1030. The summed E-state index contributed by atoms with van der Waals surface area (Å²) in [7, 11) is -3.05. The van der Waals surface area contributed by atoms with E-state index in [-0.39, 0.29) is 29.2 Å². The molecule has 1 aliphatic heterocycles. The monoisotopic (exact) mass is 405 g/mol. The van der Waals surface area contributed by atoms with Crippen LogP contribution in [0.5, 0.6) is 0 Å². The SMILES string of the molecule is Cc1c(CC(=O)N2CCC(CS(=O)(=O)C(C)C)CC2)ccc2oc(=O)ccc12. The Hall–Kier alpha value is -2.15. The smallest absolute Gasteiger partial charge is 0.336 e. The van der Waals surface area contributed by atoms with Gasteiger partial charge in [-0.15, -0.1) is 0 Å². The van der Waals surface area contributed by atoms with Gasteiger partial charge in [-0.1, -0.05) is 6.07 Å². The highest BCUT2D eigenvalue weighted by Gasteiger charge is 2.28. The number of carbonyl (C=O) groups excluding carboxylic acids is 1. The van der Waals surface area contributed by atoms with Crippen LogP contribution >= 0.6 is 0 Å². The third kappa shape index (κ3) is 4.46. The second-order valence-corrected chi connectivity index (χ2v) is 10.5. The van der Waals surface area contributed by atoms with Crippen molar-refractivity contribution in [2.75, 3.05) is 18.8 Å². The van der Waals surface area contributed by atoms with Crippen molar-refractivity contribution in [2.45, 2.75) is 45.3 Å². The number of fused-ring (bicyclic) bond motifs is 1. The normalized spacial score (nSPS) is 16.1. The Morgan fingerprint density at radius 1 is 1.18 bits per heavy atom. The van der Waals surface area contributed by atoms with Crippen LogP contribution in [0.2, 0.25) is 0 Å². The van der Waals surface area contributed by atoms with Crippen LogP contribution in [0, 0.1) is 12.8 Å². The summed E-state index contributed by atoms with van der Waals surface area (Å²) in [5.41, 5.74) is 1.98. The van der Waals surface area contributed by atoms with Crippen molar-refractivity contribution in [2.24, 2.45) is 5.92 Å². The number of hydrogen-bond donors (Lipinski definition) is 0. The van der Waals surface area contributed by atoms with E-state index in [1.165, 1.54) is 6.07 Å². The first-order valence-corrected chi connectivity index (χ1v) is 11.4. The largest absolute Gasteiger partial charge is 0.423 e. The molecule has 28 heavy (non-hydrogen) atoms. The lowest BCUT2D eigenvalue weighted by atomic mass is 9.97. The third-order valence-corrected chi connectivity index (χ3v) is 8.05. The predicted molar refractivity (Wildman–Crippen MR) is 109 cm³/mol. The van der Waals surface area contributed by atoms with E-state index in [1.807, 2.05) is 17.9 Å². The number of hydrogen-bond acceptors (Lipinski definition) is 5. The molecule has 0 bridgehead atoms. The summed E-state index contributed by atoms with van der Waals surface area (Å²) in [6, 6.07) is 6.68. The minimum absolute atomic E-state index is 0.0463. The van der Waals surface area contributed by atoms with Gasteiger partial charge in [0.05, 0.1) is 17.4 Å². The summed E-state index contributed by atoms with van der Waals surface area (Å²) in [6.45, 7) is 6.54. The third-order valence-electron chi connectivity index (χ3n) is 5.68. The molecular weight excluding hydrogens is 378 g/mol. The van der Waals surface area contributed by atoms with Crippen molar-refractivity contribution in [1.29, 1.82) is 0 Å². The van der Waals surface area contributed by atoms with E-state index < -0.39 is 15.5 Å². The predicted octanol–water partition coefficient (Wildman–Crippen LogP) is 2.71. The number of benzene rings is 1. The van der Waals surface area contributed by atoms with Gasteiger partial charge >= 0.3 is 5.63 Å². The molecule has 3 rings (SSSR count). The van der Waals surface area contributed by atoms with Crippen molar-refractivity contribution in [3.63, 3.8) is 0 Å². The molecule has 2 heterocycles. The minimum atomic E-state index is -3.05. The van der Waals surface area contributed by atoms with Crippen LogP contribution in [0.15, 0.2) is 33.5 Å². The molecule has 0 radical (unpaired) electrons. The molecule has 1 aromatic carbocycles. The summed E-state index contributed by atoms with van der Waals surface area (Å²) >= 11 is 0. The molecule has 1 aromatic heterocycles. The van der Waals surface area contributed by atoms with Crippen molar-refractivity contribution in [1.82, 2.24) is 4.90 Å². The van der Waals surface area contributed by atoms with Crippen molar-refractivity contribution >= 4 is 26.7 Å². The van der Waals surface area contributed by atoms with Gasteiger partial charge in [0.25, 0.3) is 0 Å². The van der Waals surface area contributed by atoms with Crippen LogP contribution < -0.4 is 5.63 Å². The van der Waals surface area contributed by atoms with Crippen LogP contribution in [-0.2, 0) is 21.1 Å². The average molecular weight is 406 g/mol. The maximum Gasteiger partial charge on any atom is 0.336 e. The van der Waals surface area contributed by atoms with E-state index in [0.29, 0.717) is 18.7 Å². The first-order chi connectivity index (χ1) is 13.2. The number of nitrogens with zero attached hydrogens (tertiary/aromatic N) is 1. The van der Waals surface area contributed by atoms with Gasteiger partial charge in [-0.2, -0.15) is 0 Å². The van der Waals surface area contributed by atoms with Crippen molar-refractivity contribution in [3.8, 4) is 0 Å². The average Bonchev–Trinajstić information content (AvgIpc) is 2.64. The maximum absolute atomic E-state index is 12.7. The second-order valence-electron chi connectivity index (χ2n) is 7.90. The fourth-order valence-electron chi connectivity index (χ4n) is 3.67. The lowest BCUT2D eigenvalue weighted by Gasteiger charge is -2.32. The molecule has 2 aromatic rings. The first kappa shape index (κ1) is 20.6. The zero-order chi connectivity index (χ0) is 20.5. The van der Waals surface area contributed by atoms with Gasteiger partial charge in [-0.3, -0.25) is 4.79 Å². The van der Waals surface area contributed by atoms with Gasteiger partial charge in [0.1, 0.15) is 5.58 Å². The molecule has 7 heteroatoms. The highest BCUT2D eigenvalue weighted by molar-refractivity contribution is 7.91. The Labute approximate surface area is 165 Å². The number of piperidine rings is 1. The fraction of sp³-hybridized carbons (Fsp3) is 0.524. The fourth-order valence-corrected chi connectivity index (χ4v) is 5.05. The highest BCUT2D eigenvalue weighted by Crippen LogP contribution is 2.24. The molecule has 1 amide bonds. The van der Waals surface area contributed by atoms with Gasteiger partial charge in [0.15, 0.2) is 9.84 Å². The van der Waals surface area contributed by atoms with Crippen LogP contribution in [0.25, 0.3) is 11.0 Å². The van der Waals surface area contributed by atoms with E-state index in [4.69, 9.17) is 4.42 Å². The van der Waals surface area contributed by atoms with Gasteiger partial charge in [0, 0.05) is 24.5 Å².